The van der Waals surface area contributed by atoms with Gasteiger partial charge in [0, 0.05) is 25.6 Å². The second-order valence-corrected chi connectivity index (χ2v) is 9.69. The van der Waals surface area contributed by atoms with Crippen LogP contribution in [0.25, 0.3) is 0 Å². The largest absolute Gasteiger partial charge is 0.489 e. The number of fused-ring (bicyclic) bond motifs is 3. The van der Waals surface area contributed by atoms with E-state index in [2.05, 4.69) is 12.1 Å². The van der Waals surface area contributed by atoms with Crippen LogP contribution in [-0.2, 0) is 19.7 Å². The van der Waals surface area contributed by atoms with E-state index in [0.29, 0.717) is 50.5 Å². The Morgan fingerprint density at radius 3 is 2.31 bits per heavy atom. The Morgan fingerprint density at radius 1 is 1.09 bits per heavy atom. The fourth-order valence-corrected chi connectivity index (χ4v) is 5.57. The highest BCUT2D eigenvalue weighted by molar-refractivity contribution is 5.84. The quantitative estimate of drug-likeness (QED) is 0.486. The molecule has 1 aliphatic heterocycles. The smallest absolute Gasteiger partial charge is 0.228 e. The summed E-state index contributed by atoms with van der Waals surface area (Å²) in [5.41, 5.74) is 2.01. The molecule has 4 aliphatic rings. The van der Waals surface area contributed by atoms with Crippen molar-refractivity contribution in [3.63, 3.8) is 0 Å². The summed E-state index contributed by atoms with van der Waals surface area (Å²) in [7, 11) is 1.67. The lowest BCUT2D eigenvalue weighted by Gasteiger charge is -2.55. The maximum Gasteiger partial charge on any atom is 0.228 e. The molecule has 2 bridgehead atoms. The summed E-state index contributed by atoms with van der Waals surface area (Å²) in [5.74, 6) is 1.11. The molecule has 0 aromatic heterocycles. The molecule has 0 atom stereocenters. The number of nitrogens with zero attached hydrogens (tertiary/aromatic N) is 1. The van der Waals surface area contributed by atoms with E-state index in [1.54, 1.807) is 7.11 Å². The van der Waals surface area contributed by atoms with E-state index >= 15 is 0 Å². The number of methoxy groups -OCH3 is 1. The monoisotopic (exact) mass is 445 g/mol. The zero-order chi connectivity index (χ0) is 22.6. The molecule has 176 valence electrons. The highest BCUT2D eigenvalue weighted by Gasteiger charge is 2.55. The minimum atomic E-state index is -0.169. The number of benzene rings is 1. The molecule has 1 amide bonds. The van der Waals surface area contributed by atoms with Gasteiger partial charge in [-0.1, -0.05) is 19.1 Å². The summed E-state index contributed by atoms with van der Waals surface area (Å²) in [4.78, 5) is 15.3. The number of hydrogen-bond acceptors (Lipinski definition) is 4. The summed E-state index contributed by atoms with van der Waals surface area (Å²) < 4.78 is 29.2. The van der Waals surface area contributed by atoms with Gasteiger partial charge in [-0.2, -0.15) is 0 Å². The summed E-state index contributed by atoms with van der Waals surface area (Å²) >= 11 is 0. The average Bonchev–Trinajstić information content (AvgIpc) is 2.82. The van der Waals surface area contributed by atoms with Crippen LogP contribution < -0.4 is 4.74 Å². The third kappa shape index (κ3) is 4.58. The Hall–Kier alpha value is -1.92. The number of carbonyl (C=O) groups excluding carboxylic acids is 1. The van der Waals surface area contributed by atoms with E-state index in [4.69, 9.17) is 14.2 Å². The predicted octanol–water partition coefficient (Wildman–Crippen LogP) is 4.79. The Bertz CT molecular complexity index is 791. The minimum absolute atomic E-state index is 0.159. The topological polar surface area (TPSA) is 48.0 Å². The maximum absolute atomic E-state index is 13.3. The van der Waals surface area contributed by atoms with Crippen LogP contribution in [0.1, 0.15) is 57.4 Å². The second kappa shape index (κ2) is 9.92. The van der Waals surface area contributed by atoms with Gasteiger partial charge in [-0.15, -0.1) is 0 Å². The third-order valence-corrected chi connectivity index (χ3v) is 7.98. The number of likely N-dealkylation sites (tertiary alicyclic amines) is 1. The van der Waals surface area contributed by atoms with Crippen molar-refractivity contribution in [2.75, 3.05) is 40.0 Å². The summed E-state index contributed by atoms with van der Waals surface area (Å²) in [5, 5.41) is 0. The molecule has 0 spiro atoms. The zero-order valence-electron chi connectivity index (χ0n) is 19.4. The van der Waals surface area contributed by atoms with Crippen LogP contribution in [0.4, 0.5) is 4.39 Å². The van der Waals surface area contributed by atoms with E-state index in [1.807, 2.05) is 24.0 Å². The average molecular weight is 446 g/mol. The first-order valence-corrected chi connectivity index (χ1v) is 12.0. The van der Waals surface area contributed by atoms with Crippen molar-refractivity contribution in [2.45, 2.75) is 63.4 Å². The van der Waals surface area contributed by atoms with Gasteiger partial charge < -0.3 is 19.1 Å². The summed E-state index contributed by atoms with van der Waals surface area (Å²) in [6.45, 7) is 4.83. The molecule has 1 aromatic carbocycles. The van der Waals surface area contributed by atoms with E-state index in [-0.39, 0.29) is 23.5 Å². The molecule has 4 fully saturated rings. The standard InChI is InChI=1S/C26H36FNO4/c1-3-20(16-27)19-32-22-6-4-21(5-7-22)25-8-11-26(12-9-25,13-10-25)24(29)28-17-23(18-28)31-15-14-30-2/h4-7,16,23H,3,8-15,17-19H2,1-2H3/b20-16+. The number of rotatable bonds is 10. The molecule has 32 heavy (non-hydrogen) atoms. The van der Waals surface area contributed by atoms with Crippen molar-refractivity contribution in [2.24, 2.45) is 5.41 Å². The Labute approximate surface area is 190 Å². The number of ether oxygens (including phenoxy) is 3. The fourth-order valence-electron chi connectivity index (χ4n) is 5.57. The first-order chi connectivity index (χ1) is 15.5. The van der Waals surface area contributed by atoms with Gasteiger partial charge in [-0.05, 0) is 73.6 Å². The lowest BCUT2D eigenvalue weighted by Crippen LogP contribution is -2.61. The number of carbonyl (C=O) groups is 1. The van der Waals surface area contributed by atoms with E-state index in [1.165, 1.54) is 5.56 Å². The molecule has 0 radical (unpaired) electrons. The number of halogens is 1. The Balaban J connectivity index is 1.30. The van der Waals surface area contributed by atoms with Crippen LogP contribution in [0.5, 0.6) is 5.75 Å². The number of amides is 1. The molecule has 6 heteroatoms. The normalized spacial score (nSPS) is 28.0. The van der Waals surface area contributed by atoms with E-state index in [9.17, 15) is 9.18 Å². The van der Waals surface area contributed by atoms with Gasteiger partial charge in [0.1, 0.15) is 12.4 Å². The van der Waals surface area contributed by atoms with Gasteiger partial charge >= 0.3 is 0 Å². The van der Waals surface area contributed by atoms with Crippen molar-refractivity contribution in [3.05, 3.63) is 41.7 Å². The summed E-state index contributed by atoms with van der Waals surface area (Å²) in [6.07, 6.45) is 7.54. The molecule has 5 rings (SSSR count). The van der Waals surface area contributed by atoms with Gasteiger partial charge in [-0.25, -0.2) is 4.39 Å². The Kier molecular flexibility index (Phi) is 7.21. The molecule has 1 aromatic rings. The van der Waals surface area contributed by atoms with Gasteiger partial charge in [-0.3, -0.25) is 4.79 Å². The van der Waals surface area contributed by atoms with Crippen LogP contribution in [0, 0.1) is 5.41 Å². The maximum atomic E-state index is 13.3. The molecule has 0 unspecified atom stereocenters. The van der Waals surface area contributed by atoms with Gasteiger partial charge in [0.2, 0.25) is 5.91 Å². The predicted molar refractivity (Wildman–Crippen MR) is 121 cm³/mol. The molecular weight excluding hydrogens is 409 g/mol. The van der Waals surface area contributed by atoms with Crippen molar-refractivity contribution < 1.29 is 23.4 Å². The van der Waals surface area contributed by atoms with E-state index in [0.717, 1.165) is 44.3 Å². The second-order valence-electron chi connectivity index (χ2n) is 9.69. The molecule has 0 N–H and O–H groups in total. The fraction of sp³-hybridized carbons (Fsp3) is 0.654. The van der Waals surface area contributed by atoms with Gasteiger partial charge in [0.05, 0.1) is 25.6 Å². The van der Waals surface area contributed by atoms with Crippen LogP contribution in [-0.4, -0.2) is 56.9 Å². The van der Waals surface area contributed by atoms with E-state index < -0.39 is 0 Å². The van der Waals surface area contributed by atoms with Crippen LogP contribution >= 0.6 is 0 Å². The van der Waals surface area contributed by atoms with Gasteiger partial charge in [0.25, 0.3) is 0 Å². The highest BCUT2D eigenvalue weighted by atomic mass is 19.1. The highest BCUT2D eigenvalue weighted by Crippen LogP contribution is 2.58. The van der Waals surface area contributed by atoms with Crippen LogP contribution in [0.2, 0.25) is 0 Å². The first-order valence-electron chi connectivity index (χ1n) is 12.0. The molecule has 1 heterocycles. The molecular formula is C26H36FNO4. The van der Waals surface area contributed by atoms with Crippen molar-refractivity contribution in [1.82, 2.24) is 4.90 Å². The summed E-state index contributed by atoms with van der Waals surface area (Å²) in [6, 6.07) is 8.33. The Morgan fingerprint density at radius 2 is 1.75 bits per heavy atom. The molecule has 1 saturated heterocycles. The van der Waals surface area contributed by atoms with Crippen molar-refractivity contribution in [3.8, 4) is 5.75 Å². The molecule has 5 nitrogen and oxygen atoms in total. The van der Waals surface area contributed by atoms with Crippen LogP contribution in [0.3, 0.4) is 0 Å². The van der Waals surface area contributed by atoms with Crippen molar-refractivity contribution >= 4 is 5.91 Å². The lowest BCUT2D eigenvalue weighted by atomic mass is 9.51. The minimum Gasteiger partial charge on any atom is -0.489 e. The molecule has 3 saturated carbocycles. The third-order valence-electron chi connectivity index (χ3n) is 7.98. The zero-order valence-corrected chi connectivity index (χ0v) is 19.4. The number of hydrogen-bond donors (Lipinski definition) is 0. The molecule has 3 aliphatic carbocycles. The van der Waals surface area contributed by atoms with Gasteiger partial charge in [0.15, 0.2) is 0 Å². The SMILES string of the molecule is CC/C(=C\F)COc1ccc(C23CCC(C(=O)N4CC(OCCOC)C4)(CC2)CC3)cc1. The first kappa shape index (κ1) is 23.2. The lowest BCUT2D eigenvalue weighted by molar-refractivity contribution is -0.163. The van der Waals surface area contributed by atoms with Crippen molar-refractivity contribution in [1.29, 1.82) is 0 Å². The van der Waals surface area contributed by atoms with Crippen LogP contribution in [0.15, 0.2) is 36.2 Å².